The Kier molecular flexibility index (Phi) is 4.82. The first-order valence-electron chi connectivity index (χ1n) is 6.45. The number of amides is 1. The number of hydrogen-bond acceptors (Lipinski definition) is 3. The second-order valence-corrected chi connectivity index (χ2v) is 6.25. The number of rotatable bonds is 5. The molecule has 0 aliphatic heterocycles. The van der Waals surface area contributed by atoms with E-state index in [1.165, 1.54) is 11.8 Å². The highest BCUT2D eigenvalue weighted by atomic mass is 32.2. The Morgan fingerprint density at radius 2 is 1.65 bits per heavy atom. The van der Waals surface area contributed by atoms with E-state index in [0.29, 0.717) is 0 Å². The zero-order chi connectivity index (χ0) is 14.4. The number of para-hydroxylation sites is 1. The lowest BCUT2D eigenvalue weighted by Crippen LogP contribution is -2.43. The third kappa shape index (κ3) is 3.62. The minimum atomic E-state index is -0.697. The zero-order valence-corrected chi connectivity index (χ0v) is 12.2. The maximum Gasteiger partial charge on any atom is 0.241 e. The Morgan fingerprint density at radius 1 is 1.10 bits per heavy atom. The Hall–Kier alpha value is -1.78. The van der Waals surface area contributed by atoms with Gasteiger partial charge in [-0.05, 0) is 31.2 Å². The molecule has 0 saturated carbocycles. The number of anilines is 1. The first-order valence-corrected chi connectivity index (χ1v) is 7.26. The fourth-order valence-electron chi connectivity index (χ4n) is 1.71. The molecule has 3 nitrogen and oxygen atoms in total. The van der Waals surface area contributed by atoms with Gasteiger partial charge in [-0.3, -0.25) is 4.79 Å². The first kappa shape index (κ1) is 14.6. The van der Waals surface area contributed by atoms with Crippen LogP contribution in [0.4, 0.5) is 5.69 Å². The molecule has 0 spiro atoms. The first-order chi connectivity index (χ1) is 9.64. The third-order valence-electron chi connectivity index (χ3n) is 2.99. The molecule has 2 aromatic rings. The normalized spacial score (nSPS) is 13.5. The van der Waals surface area contributed by atoms with E-state index in [1.54, 1.807) is 0 Å². The highest BCUT2D eigenvalue weighted by Gasteiger charge is 2.33. The highest BCUT2D eigenvalue weighted by Crippen LogP contribution is 2.32. The second kappa shape index (κ2) is 6.59. The van der Waals surface area contributed by atoms with Crippen molar-refractivity contribution < 1.29 is 4.79 Å². The fourth-order valence-corrected chi connectivity index (χ4v) is 2.75. The molecule has 0 radical (unpaired) electrons. The smallest absolute Gasteiger partial charge is 0.241 e. The van der Waals surface area contributed by atoms with Crippen LogP contribution in [-0.4, -0.2) is 17.2 Å². The molecule has 1 amide bonds. The number of carbonyl (C=O) groups excluding carboxylic acids is 1. The van der Waals surface area contributed by atoms with Gasteiger partial charge in [-0.1, -0.05) is 36.4 Å². The maximum atomic E-state index is 12.5. The molecule has 1 atom stereocenters. The molecule has 0 aromatic heterocycles. The van der Waals surface area contributed by atoms with Crippen molar-refractivity contribution in [2.75, 3.05) is 11.9 Å². The standard InChI is InChI=1S/C16H18N2OS/c1-16(12-17,20-14-10-6-3-7-11-14)15(19)18-13-8-4-2-5-9-13/h2-11H,12,17H2,1H3,(H,18,19). The van der Waals surface area contributed by atoms with Crippen LogP contribution in [-0.2, 0) is 4.79 Å². The Balaban J connectivity index is 2.11. The number of nitrogens with one attached hydrogen (secondary N) is 1. The summed E-state index contributed by atoms with van der Waals surface area (Å²) in [4.78, 5) is 13.5. The van der Waals surface area contributed by atoms with Crippen LogP contribution >= 0.6 is 11.8 Å². The number of carbonyl (C=O) groups is 1. The van der Waals surface area contributed by atoms with E-state index >= 15 is 0 Å². The summed E-state index contributed by atoms with van der Waals surface area (Å²) >= 11 is 1.48. The van der Waals surface area contributed by atoms with Gasteiger partial charge in [-0.25, -0.2) is 0 Å². The molecule has 2 rings (SSSR count). The van der Waals surface area contributed by atoms with E-state index in [9.17, 15) is 4.79 Å². The summed E-state index contributed by atoms with van der Waals surface area (Å²) in [7, 11) is 0. The van der Waals surface area contributed by atoms with Crippen LogP contribution in [0.25, 0.3) is 0 Å². The molecule has 2 aromatic carbocycles. The Labute approximate surface area is 123 Å². The van der Waals surface area contributed by atoms with Crippen LogP contribution in [0.2, 0.25) is 0 Å². The predicted molar refractivity (Wildman–Crippen MR) is 84.8 cm³/mol. The summed E-state index contributed by atoms with van der Waals surface area (Å²) in [5.74, 6) is -0.0833. The minimum Gasteiger partial charge on any atom is -0.329 e. The van der Waals surface area contributed by atoms with Crippen LogP contribution in [0.5, 0.6) is 0 Å². The SMILES string of the molecule is CC(CN)(Sc1ccccc1)C(=O)Nc1ccccc1. The number of hydrogen-bond donors (Lipinski definition) is 2. The zero-order valence-electron chi connectivity index (χ0n) is 11.4. The molecule has 0 heterocycles. The van der Waals surface area contributed by atoms with Gasteiger partial charge in [0.05, 0.1) is 0 Å². The van der Waals surface area contributed by atoms with Crippen molar-refractivity contribution in [1.82, 2.24) is 0 Å². The van der Waals surface area contributed by atoms with Crippen molar-refractivity contribution in [3.05, 3.63) is 60.7 Å². The second-order valence-electron chi connectivity index (χ2n) is 4.67. The Morgan fingerprint density at radius 3 is 2.20 bits per heavy atom. The van der Waals surface area contributed by atoms with E-state index in [-0.39, 0.29) is 12.5 Å². The van der Waals surface area contributed by atoms with Crippen molar-refractivity contribution in [1.29, 1.82) is 0 Å². The molecule has 0 bridgehead atoms. The number of benzene rings is 2. The van der Waals surface area contributed by atoms with Crippen LogP contribution in [0.3, 0.4) is 0 Å². The van der Waals surface area contributed by atoms with Crippen LogP contribution in [0.1, 0.15) is 6.92 Å². The van der Waals surface area contributed by atoms with Gasteiger partial charge in [0.15, 0.2) is 0 Å². The van der Waals surface area contributed by atoms with Gasteiger partial charge < -0.3 is 11.1 Å². The van der Waals surface area contributed by atoms with E-state index in [2.05, 4.69) is 5.32 Å². The molecule has 0 aliphatic rings. The van der Waals surface area contributed by atoms with Gasteiger partial charge in [0.2, 0.25) is 5.91 Å². The van der Waals surface area contributed by atoms with Crippen molar-refractivity contribution >= 4 is 23.4 Å². The van der Waals surface area contributed by atoms with E-state index in [4.69, 9.17) is 5.73 Å². The van der Waals surface area contributed by atoms with Crippen molar-refractivity contribution in [3.8, 4) is 0 Å². The van der Waals surface area contributed by atoms with Gasteiger partial charge in [0, 0.05) is 17.1 Å². The van der Waals surface area contributed by atoms with E-state index < -0.39 is 4.75 Å². The summed E-state index contributed by atoms with van der Waals surface area (Å²) in [5, 5.41) is 2.91. The molecule has 0 aliphatic carbocycles. The maximum absolute atomic E-state index is 12.5. The van der Waals surface area contributed by atoms with Crippen molar-refractivity contribution in [3.63, 3.8) is 0 Å². The summed E-state index contributed by atoms with van der Waals surface area (Å²) in [6, 6.07) is 19.2. The quantitative estimate of drug-likeness (QED) is 0.830. The molecule has 3 N–H and O–H groups in total. The molecular formula is C16H18N2OS. The highest BCUT2D eigenvalue weighted by molar-refractivity contribution is 8.01. The summed E-state index contributed by atoms with van der Waals surface area (Å²) < 4.78 is -0.697. The van der Waals surface area contributed by atoms with Gasteiger partial charge in [0.1, 0.15) is 4.75 Å². The molecular weight excluding hydrogens is 268 g/mol. The topological polar surface area (TPSA) is 55.1 Å². The third-order valence-corrected chi connectivity index (χ3v) is 4.30. The van der Waals surface area contributed by atoms with Gasteiger partial charge in [-0.15, -0.1) is 11.8 Å². The summed E-state index contributed by atoms with van der Waals surface area (Å²) in [5.41, 5.74) is 6.61. The lowest BCUT2D eigenvalue weighted by atomic mass is 10.1. The molecule has 0 saturated heterocycles. The van der Waals surface area contributed by atoms with Gasteiger partial charge in [0.25, 0.3) is 0 Å². The van der Waals surface area contributed by atoms with Crippen molar-refractivity contribution in [2.45, 2.75) is 16.6 Å². The van der Waals surface area contributed by atoms with Crippen LogP contribution in [0.15, 0.2) is 65.6 Å². The molecule has 104 valence electrons. The summed E-state index contributed by atoms with van der Waals surface area (Å²) in [6.45, 7) is 2.13. The molecule has 0 fully saturated rings. The molecule has 1 unspecified atom stereocenters. The lowest BCUT2D eigenvalue weighted by molar-refractivity contribution is -0.117. The fraction of sp³-hybridized carbons (Fsp3) is 0.188. The average molecular weight is 286 g/mol. The van der Waals surface area contributed by atoms with E-state index in [1.807, 2.05) is 67.6 Å². The lowest BCUT2D eigenvalue weighted by Gasteiger charge is -2.26. The number of nitrogens with two attached hydrogens (primary N) is 1. The van der Waals surface area contributed by atoms with E-state index in [0.717, 1.165) is 10.6 Å². The van der Waals surface area contributed by atoms with Gasteiger partial charge >= 0.3 is 0 Å². The Bertz CT molecular complexity index is 559. The molecule has 4 heteroatoms. The van der Waals surface area contributed by atoms with Crippen LogP contribution in [0, 0.1) is 0 Å². The number of thioether (sulfide) groups is 1. The van der Waals surface area contributed by atoms with Crippen LogP contribution < -0.4 is 11.1 Å². The predicted octanol–water partition coefficient (Wildman–Crippen LogP) is 3.13. The molecule has 20 heavy (non-hydrogen) atoms. The summed E-state index contributed by atoms with van der Waals surface area (Å²) in [6.07, 6.45) is 0. The van der Waals surface area contributed by atoms with Crippen molar-refractivity contribution in [2.24, 2.45) is 5.73 Å². The van der Waals surface area contributed by atoms with Gasteiger partial charge in [-0.2, -0.15) is 0 Å². The largest absolute Gasteiger partial charge is 0.329 e. The monoisotopic (exact) mass is 286 g/mol. The minimum absolute atomic E-state index is 0.0833. The average Bonchev–Trinajstić information content (AvgIpc) is 2.49.